The summed E-state index contributed by atoms with van der Waals surface area (Å²) < 4.78 is 0. The fourth-order valence-electron chi connectivity index (χ4n) is 2.56. The van der Waals surface area contributed by atoms with Gasteiger partial charge in [0, 0.05) is 12.8 Å². The van der Waals surface area contributed by atoms with Gasteiger partial charge in [-0.15, -0.1) is 0 Å². The smallest absolute Gasteiger partial charge is 0.324 e. The number of nitrogens with two attached hydrogens (primary N) is 1. The fraction of sp³-hybridized carbons (Fsp3) is 0.214. The monoisotopic (exact) mass is 227 g/mol. The van der Waals surface area contributed by atoms with Crippen LogP contribution in [0.1, 0.15) is 11.1 Å². The molecule has 2 aromatic rings. The lowest BCUT2D eigenvalue weighted by molar-refractivity contribution is -0.142. The number of benzene rings is 2. The van der Waals surface area contributed by atoms with Gasteiger partial charge in [-0.2, -0.15) is 0 Å². The first kappa shape index (κ1) is 10.3. The second-order valence-corrected chi connectivity index (χ2v) is 4.78. The Morgan fingerprint density at radius 2 is 1.59 bits per heavy atom. The molecule has 2 aromatic carbocycles. The summed E-state index contributed by atoms with van der Waals surface area (Å²) >= 11 is 0. The summed E-state index contributed by atoms with van der Waals surface area (Å²) in [6.45, 7) is 0. The number of aliphatic carboxylic acids is 1. The van der Waals surface area contributed by atoms with Crippen LogP contribution in [0.2, 0.25) is 0 Å². The van der Waals surface area contributed by atoms with E-state index in [4.69, 9.17) is 10.8 Å². The van der Waals surface area contributed by atoms with Gasteiger partial charge in [0.2, 0.25) is 0 Å². The van der Waals surface area contributed by atoms with Gasteiger partial charge in [0.15, 0.2) is 0 Å². The van der Waals surface area contributed by atoms with Crippen LogP contribution >= 0.6 is 0 Å². The van der Waals surface area contributed by atoms with Crippen molar-refractivity contribution in [3.05, 3.63) is 47.5 Å². The van der Waals surface area contributed by atoms with Crippen LogP contribution in [-0.2, 0) is 17.6 Å². The number of hydrogen-bond donors (Lipinski definition) is 2. The van der Waals surface area contributed by atoms with Gasteiger partial charge < -0.3 is 10.8 Å². The molecule has 0 unspecified atom stereocenters. The molecule has 17 heavy (non-hydrogen) atoms. The first-order valence-corrected chi connectivity index (χ1v) is 5.61. The third-order valence-corrected chi connectivity index (χ3v) is 3.51. The molecule has 0 fully saturated rings. The summed E-state index contributed by atoms with van der Waals surface area (Å²) in [5.41, 5.74) is 6.92. The molecule has 3 rings (SSSR count). The Morgan fingerprint density at radius 1 is 1.12 bits per heavy atom. The van der Waals surface area contributed by atoms with Crippen LogP contribution in [0.15, 0.2) is 36.4 Å². The standard InChI is InChI=1S/C14H13NO2/c15-14(13(16)17)7-11-5-9-3-1-2-4-10(9)6-12(11)8-14/h1-6H,7-8,15H2,(H,16,17). The van der Waals surface area contributed by atoms with Crippen LogP contribution in [0.3, 0.4) is 0 Å². The van der Waals surface area contributed by atoms with Crippen molar-refractivity contribution in [3.8, 4) is 0 Å². The highest BCUT2D eigenvalue weighted by Gasteiger charge is 2.40. The van der Waals surface area contributed by atoms with E-state index in [1.165, 1.54) is 0 Å². The Bertz CT molecular complexity index is 574. The van der Waals surface area contributed by atoms with Gasteiger partial charge in [-0.25, -0.2) is 0 Å². The van der Waals surface area contributed by atoms with Crippen LogP contribution in [0, 0.1) is 0 Å². The molecule has 1 aliphatic rings. The lowest BCUT2D eigenvalue weighted by Crippen LogP contribution is -2.48. The van der Waals surface area contributed by atoms with Gasteiger partial charge in [-0.3, -0.25) is 4.79 Å². The lowest BCUT2D eigenvalue weighted by atomic mass is 9.98. The summed E-state index contributed by atoms with van der Waals surface area (Å²) in [5, 5.41) is 11.4. The van der Waals surface area contributed by atoms with E-state index in [1.54, 1.807) is 0 Å². The minimum absolute atomic E-state index is 0.419. The Hall–Kier alpha value is -1.87. The predicted octanol–water partition coefficient (Wildman–Crippen LogP) is 1.72. The molecule has 0 heterocycles. The summed E-state index contributed by atoms with van der Waals surface area (Å²) in [7, 11) is 0. The molecule has 3 N–H and O–H groups in total. The quantitative estimate of drug-likeness (QED) is 0.779. The number of fused-ring (bicyclic) bond motifs is 2. The van der Waals surface area contributed by atoms with Crippen LogP contribution in [0.25, 0.3) is 10.8 Å². The van der Waals surface area contributed by atoms with E-state index in [-0.39, 0.29) is 0 Å². The molecule has 0 radical (unpaired) electrons. The lowest BCUT2D eigenvalue weighted by Gasteiger charge is -2.16. The van der Waals surface area contributed by atoms with E-state index in [1.807, 2.05) is 24.3 Å². The summed E-state index contributed by atoms with van der Waals surface area (Å²) in [4.78, 5) is 11.2. The number of carboxylic acids is 1. The first-order valence-electron chi connectivity index (χ1n) is 5.61. The first-order chi connectivity index (χ1) is 8.08. The summed E-state index contributed by atoms with van der Waals surface area (Å²) in [6, 6.07) is 12.2. The molecule has 0 atom stereocenters. The fourth-order valence-corrected chi connectivity index (χ4v) is 2.56. The zero-order valence-electron chi connectivity index (χ0n) is 9.31. The largest absolute Gasteiger partial charge is 0.480 e. The summed E-state index contributed by atoms with van der Waals surface area (Å²) in [6.07, 6.45) is 0.838. The summed E-state index contributed by atoms with van der Waals surface area (Å²) in [5.74, 6) is -0.919. The third-order valence-electron chi connectivity index (χ3n) is 3.51. The van der Waals surface area contributed by atoms with Crippen molar-refractivity contribution in [2.75, 3.05) is 0 Å². The van der Waals surface area contributed by atoms with Gasteiger partial charge in [0.05, 0.1) is 0 Å². The number of hydrogen-bond acceptors (Lipinski definition) is 2. The van der Waals surface area contributed by atoms with E-state index in [2.05, 4.69) is 12.1 Å². The van der Waals surface area contributed by atoms with Gasteiger partial charge in [0.1, 0.15) is 5.54 Å². The molecule has 0 aromatic heterocycles. The van der Waals surface area contributed by atoms with Gasteiger partial charge in [0.25, 0.3) is 0 Å². The Labute approximate surface area is 98.9 Å². The van der Waals surface area contributed by atoms with E-state index < -0.39 is 11.5 Å². The van der Waals surface area contributed by atoms with Gasteiger partial charge >= 0.3 is 5.97 Å². The highest BCUT2D eigenvalue weighted by Crippen LogP contribution is 2.32. The maximum atomic E-state index is 11.2. The van der Waals surface area contributed by atoms with Gasteiger partial charge in [-0.05, 0) is 21.9 Å². The zero-order chi connectivity index (χ0) is 12.0. The molecule has 0 amide bonds. The SMILES string of the molecule is NC1(C(=O)O)Cc2cc3ccccc3cc2C1. The van der Waals surface area contributed by atoms with Crippen molar-refractivity contribution in [3.63, 3.8) is 0 Å². The highest BCUT2D eigenvalue weighted by atomic mass is 16.4. The second-order valence-electron chi connectivity index (χ2n) is 4.78. The highest BCUT2D eigenvalue weighted by molar-refractivity contribution is 5.87. The molecule has 0 aliphatic heterocycles. The number of rotatable bonds is 1. The number of carboxylic acid groups (broad SMARTS) is 1. The van der Waals surface area contributed by atoms with Crippen molar-refractivity contribution in [1.29, 1.82) is 0 Å². The topological polar surface area (TPSA) is 63.3 Å². The minimum atomic E-state index is -1.13. The third kappa shape index (κ3) is 1.51. The van der Waals surface area contributed by atoms with Crippen molar-refractivity contribution in [1.82, 2.24) is 0 Å². The molecule has 0 bridgehead atoms. The van der Waals surface area contributed by atoms with Crippen molar-refractivity contribution in [2.24, 2.45) is 5.73 Å². The molecule has 0 saturated carbocycles. The average Bonchev–Trinajstić information content (AvgIpc) is 2.62. The number of carbonyl (C=O) groups is 1. The molecule has 86 valence electrons. The molecule has 0 spiro atoms. The van der Waals surface area contributed by atoms with E-state index in [9.17, 15) is 4.79 Å². The molecular weight excluding hydrogens is 214 g/mol. The Balaban J connectivity index is 2.14. The zero-order valence-corrected chi connectivity index (χ0v) is 9.31. The molecule has 1 aliphatic carbocycles. The normalized spacial score (nSPS) is 17.0. The average molecular weight is 227 g/mol. The van der Waals surface area contributed by atoms with Crippen LogP contribution in [0.5, 0.6) is 0 Å². The predicted molar refractivity (Wildman–Crippen MR) is 65.9 cm³/mol. The Kier molecular flexibility index (Phi) is 2.00. The molecular formula is C14H13NO2. The van der Waals surface area contributed by atoms with E-state index >= 15 is 0 Å². The maximum absolute atomic E-state index is 11.2. The van der Waals surface area contributed by atoms with Crippen LogP contribution < -0.4 is 5.73 Å². The van der Waals surface area contributed by atoms with Crippen molar-refractivity contribution < 1.29 is 9.90 Å². The minimum Gasteiger partial charge on any atom is -0.480 e. The van der Waals surface area contributed by atoms with E-state index in [0.717, 1.165) is 21.9 Å². The van der Waals surface area contributed by atoms with Gasteiger partial charge in [-0.1, -0.05) is 36.4 Å². The maximum Gasteiger partial charge on any atom is 0.324 e. The molecule has 3 heteroatoms. The van der Waals surface area contributed by atoms with Crippen LogP contribution in [-0.4, -0.2) is 16.6 Å². The van der Waals surface area contributed by atoms with Crippen molar-refractivity contribution >= 4 is 16.7 Å². The van der Waals surface area contributed by atoms with E-state index in [0.29, 0.717) is 12.8 Å². The van der Waals surface area contributed by atoms with Crippen LogP contribution in [0.4, 0.5) is 0 Å². The molecule has 3 nitrogen and oxygen atoms in total. The molecule has 0 saturated heterocycles. The Morgan fingerprint density at radius 3 is 2.00 bits per heavy atom. The second kappa shape index (κ2) is 3.31. The van der Waals surface area contributed by atoms with Crippen molar-refractivity contribution in [2.45, 2.75) is 18.4 Å².